The predicted octanol–water partition coefficient (Wildman–Crippen LogP) is 5.56. The highest BCUT2D eigenvalue weighted by Gasteiger charge is 1.97. The third-order valence-corrected chi connectivity index (χ3v) is 3.71. The van der Waals surface area contributed by atoms with Crippen LogP contribution in [0.15, 0.2) is 29.8 Å². The van der Waals surface area contributed by atoms with Crippen molar-refractivity contribution in [3.8, 4) is 0 Å². The van der Waals surface area contributed by atoms with Gasteiger partial charge in [0.1, 0.15) is 6.61 Å². The Kier molecular flexibility index (Phi) is 9.29. The Morgan fingerprint density at radius 3 is 2.27 bits per heavy atom. The Balaban J connectivity index is 2.33. The second-order valence-electron chi connectivity index (χ2n) is 6.03. The van der Waals surface area contributed by atoms with Gasteiger partial charge in [-0.3, -0.25) is 4.79 Å². The minimum Gasteiger partial charge on any atom is -0.461 e. The number of unbranched alkanes of at least 4 members (excludes halogenated alkanes) is 5. The van der Waals surface area contributed by atoms with Gasteiger partial charge in [-0.05, 0) is 36.5 Å². The van der Waals surface area contributed by atoms with Crippen molar-refractivity contribution in [3.63, 3.8) is 0 Å². The van der Waals surface area contributed by atoms with E-state index in [9.17, 15) is 4.79 Å². The Morgan fingerprint density at radius 1 is 1.00 bits per heavy atom. The van der Waals surface area contributed by atoms with Crippen molar-refractivity contribution >= 4 is 12.0 Å². The Hall–Kier alpha value is -1.57. The Labute approximate surface area is 135 Å². The molecule has 0 radical (unpaired) electrons. The molecule has 0 aliphatic heterocycles. The van der Waals surface area contributed by atoms with Gasteiger partial charge in [-0.25, -0.2) is 0 Å². The molecule has 0 bridgehead atoms. The summed E-state index contributed by atoms with van der Waals surface area (Å²) in [7, 11) is 0. The minimum absolute atomic E-state index is 0.234. The van der Waals surface area contributed by atoms with Gasteiger partial charge in [-0.1, -0.05) is 69.4 Å². The van der Waals surface area contributed by atoms with Gasteiger partial charge in [0.15, 0.2) is 0 Å². The standard InChI is InChI=1S/C20H30O2/c1-4-5-6-7-8-9-10-19-11-13-20(14-12-19)15-17(2)16-22-18(3)21/h11-15H,4-10,16H2,1-3H3. The molecule has 0 saturated heterocycles. The number of carbonyl (C=O) groups is 1. The highest BCUT2D eigenvalue weighted by Crippen LogP contribution is 2.13. The van der Waals surface area contributed by atoms with Gasteiger partial charge < -0.3 is 4.74 Å². The molecule has 0 N–H and O–H groups in total. The summed E-state index contributed by atoms with van der Waals surface area (Å²) in [5.41, 5.74) is 3.63. The zero-order valence-corrected chi connectivity index (χ0v) is 14.4. The van der Waals surface area contributed by atoms with Gasteiger partial charge in [0.2, 0.25) is 0 Å². The third-order valence-electron chi connectivity index (χ3n) is 3.71. The van der Waals surface area contributed by atoms with Crippen molar-refractivity contribution in [3.05, 3.63) is 41.0 Å². The Bertz CT molecular complexity index is 457. The molecule has 0 heterocycles. The summed E-state index contributed by atoms with van der Waals surface area (Å²) < 4.78 is 4.99. The van der Waals surface area contributed by atoms with E-state index >= 15 is 0 Å². The molecular formula is C20H30O2. The number of carbonyl (C=O) groups excluding carboxylic acids is 1. The quantitative estimate of drug-likeness (QED) is 0.418. The molecular weight excluding hydrogens is 272 g/mol. The minimum atomic E-state index is -0.234. The van der Waals surface area contributed by atoms with Gasteiger partial charge in [0.05, 0.1) is 0 Å². The van der Waals surface area contributed by atoms with Crippen LogP contribution in [0.1, 0.15) is 70.4 Å². The first-order valence-corrected chi connectivity index (χ1v) is 8.51. The summed E-state index contributed by atoms with van der Waals surface area (Å²) in [5, 5.41) is 0. The highest BCUT2D eigenvalue weighted by molar-refractivity contribution is 5.66. The maximum Gasteiger partial charge on any atom is 0.302 e. The Morgan fingerprint density at radius 2 is 1.64 bits per heavy atom. The molecule has 0 saturated carbocycles. The van der Waals surface area contributed by atoms with Crippen LogP contribution in [0, 0.1) is 0 Å². The van der Waals surface area contributed by atoms with E-state index in [1.165, 1.54) is 57.4 Å². The molecule has 0 fully saturated rings. The molecule has 2 nitrogen and oxygen atoms in total. The molecule has 0 spiro atoms. The first-order valence-electron chi connectivity index (χ1n) is 8.51. The number of ether oxygens (including phenoxy) is 1. The summed E-state index contributed by atoms with van der Waals surface area (Å²) in [4.78, 5) is 10.8. The first kappa shape index (κ1) is 18.5. The fourth-order valence-electron chi connectivity index (χ4n) is 2.43. The monoisotopic (exact) mass is 302 g/mol. The van der Waals surface area contributed by atoms with Gasteiger partial charge in [0.25, 0.3) is 0 Å². The number of hydrogen-bond donors (Lipinski definition) is 0. The van der Waals surface area contributed by atoms with Crippen molar-refractivity contribution in [1.29, 1.82) is 0 Å². The maximum absolute atomic E-state index is 10.8. The smallest absolute Gasteiger partial charge is 0.302 e. The lowest BCUT2D eigenvalue weighted by Crippen LogP contribution is -2.01. The molecule has 22 heavy (non-hydrogen) atoms. The zero-order valence-electron chi connectivity index (χ0n) is 14.4. The van der Waals surface area contributed by atoms with E-state index in [0.717, 1.165) is 11.1 Å². The topological polar surface area (TPSA) is 26.3 Å². The molecule has 0 unspecified atom stereocenters. The predicted molar refractivity (Wildman–Crippen MR) is 93.8 cm³/mol. The van der Waals surface area contributed by atoms with Crippen LogP contribution in [0.5, 0.6) is 0 Å². The van der Waals surface area contributed by atoms with E-state index in [0.29, 0.717) is 6.61 Å². The number of benzene rings is 1. The average Bonchev–Trinajstić information content (AvgIpc) is 2.50. The van der Waals surface area contributed by atoms with Crippen molar-refractivity contribution < 1.29 is 9.53 Å². The second-order valence-corrected chi connectivity index (χ2v) is 6.03. The van der Waals surface area contributed by atoms with Crippen LogP contribution >= 0.6 is 0 Å². The van der Waals surface area contributed by atoms with E-state index in [1.807, 2.05) is 6.92 Å². The number of hydrogen-bond acceptors (Lipinski definition) is 2. The van der Waals surface area contributed by atoms with Crippen LogP contribution in [-0.2, 0) is 16.0 Å². The fourth-order valence-corrected chi connectivity index (χ4v) is 2.43. The average molecular weight is 302 g/mol. The van der Waals surface area contributed by atoms with Crippen LogP contribution < -0.4 is 0 Å². The molecule has 1 rings (SSSR count). The van der Waals surface area contributed by atoms with Crippen LogP contribution in [0.25, 0.3) is 6.08 Å². The lowest BCUT2D eigenvalue weighted by molar-refractivity contribution is -0.139. The largest absolute Gasteiger partial charge is 0.461 e. The molecule has 2 heteroatoms. The number of esters is 1. The van der Waals surface area contributed by atoms with Crippen molar-refractivity contribution in [2.24, 2.45) is 0 Å². The molecule has 0 amide bonds. The summed E-state index contributed by atoms with van der Waals surface area (Å²) >= 11 is 0. The van der Waals surface area contributed by atoms with Crippen LogP contribution in [-0.4, -0.2) is 12.6 Å². The van der Waals surface area contributed by atoms with E-state index in [-0.39, 0.29) is 5.97 Å². The van der Waals surface area contributed by atoms with Gasteiger partial charge in [-0.15, -0.1) is 0 Å². The summed E-state index contributed by atoms with van der Waals surface area (Å²) in [5.74, 6) is -0.234. The van der Waals surface area contributed by atoms with E-state index < -0.39 is 0 Å². The number of aryl methyl sites for hydroxylation is 1. The lowest BCUT2D eigenvalue weighted by Gasteiger charge is -2.04. The first-order chi connectivity index (χ1) is 10.6. The molecule has 1 aromatic carbocycles. The van der Waals surface area contributed by atoms with E-state index in [2.05, 4.69) is 37.3 Å². The van der Waals surface area contributed by atoms with Crippen molar-refractivity contribution in [1.82, 2.24) is 0 Å². The SMILES string of the molecule is CCCCCCCCc1ccc(C=C(C)COC(C)=O)cc1. The van der Waals surface area contributed by atoms with E-state index in [4.69, 9.17) is 4.74 Å². The molecule has 0 atom stereocenters. The van der Waals surface area contributed by atoms with E-state index in [1.54, 1.807) is 0 Å². The lowest BCUT2D eigenvalue weighted by atomic mass is 10.0. The summed E-state index contributed by atoms with van der Waals surface area (Å²) in [6, 6.07) is 8.70. The molecule has 0 aliphatic rings. The fraction of sp³-hybridized carbons (Fsp3) is 0.550. The van der Waals surface area contributed by atoms with Gasteiger partial charge >= 0.3 is 5.97 Å². The maximum atomic E-state index is 10.8. The highest BCUT2D eigenvalue weighted by atomic mass is 16.5. The molecule has 0 aromatic heterocycles. The van der Waals surface area contributed by atoms with Gasteiger partial charge in [-0.2, -0.15) is 0 Å². The molecule has 122 valence electrons. The zero-order chi connectivity index (χ0) is 16.2. The summed E-state index contributed by atoms with van der Waals surface area (Å²) in [6.07, 6.45) is 11.3. The normalized spacial score (nSPS) is 11.5. The molecule has 0 aliphatic carbocycles. The van der Waals surface area contributed by atoms with Gasteiger partial charge in [0, 0.05) is 6.92 Å². The van der Waals surface area contributed by atoms with Crippen molar-refractivity contribution in [2.75, 3.05) is 6.61 Å². The second kappa shape index (κ2) is 11.1. The van der Waals surface area contributed by atoms with Crippen LogP contribution in [0.2, 0.25) is 0 Å². The van der Waals surface area contributed by atoms with Crippen LogP contribution in [0.3, 0.4) is 0 Å². The van der Waals surface area contributed by atoms with Crippen LogP contribution in [0.4, 0.5) is 0 Å². The number of rotatable bonds is 10. The van der Waals surface area contributed by atoms with Crippen molar-refractivity contribution in [2.45, 2.75) is 65.7 Å². The summed E-state index contributed by atoms with van der Waals surface area (Å²) in [6.45, 7) is 6.04. The molecule has 1 aromatic rings. The third kappa shape index (κ3) is 8.66.